The van der Waals surface area contributed by atoms with E-state index >= 15 is 0 Å². The van der Waals surface area contributed by atoms with Crippen LogP contribution in [0.1, 0.15) is 12.6 Å². The zero-order valence-electron chi connectivity index (χ0n) is 12.3. The van der Waals surface area contributed by atoms with Gasteiger partial charge in [-0.2, -0.15) is 0 Å². The Morgan fingerprint density at radius 2 is 1.90 bits per heavy atom. The molecule has 2 heterocycles. The number of carbonyl (C=O) groups is 1. The van der Waals surface area contributed by atoms with Crippen LogP contribution in [0.5, 0.6) is 0 Å². The monoisotopic (exact) mass is 301 g/mol. The summed E-state index contributed by atoms with van der Waals surface area (Å²) in [6.45, 7) is 2.59. The van der Waals surface area contributed by atoms with Crippen LogP contribution in [0.15, 0.2) is 53.8 Å². The summed E-state index contributed by atoms with van der Waals surface area (Å²) in [6.07, 6.45) is 4.28. The van der Waals surface area contributed by atoms with E-state index < -0.39 is 0 Å². The van der Waals surface area contributed by atoms with E-state index in [1.807, 2.05) is 50.4 Å². The largest absolute Gasteiger partial charge is 0.344 e. The zero-order chi connectivity index (χ0) is 15.1. The number of pyridine rings is 2. The lowest BCUT2D eigenvalue weighted by molar-refractivity contribution is -0.129. The Labute approximate surface area is 129 Å². The first-order valence-electron chi connectivity index (χ1n) is 6.89. The van der Waals surface area contributed by atoms with Crippen LogP contribution < -0.4 is 0 Å². The molecule has 0 aromatic carbocycles. The molecule has 0 radical (unpaired) electrons. The highest BCUT2D eigenvalue weighted by atomic mass is 32.2. The molecule has 0 aliphatic rings. The van der Waals surface area contributed by atoms with E-state index in [0.29, 0.717) is 6.54 Å². The van der Waals surface area contributed by atoms with Crippen molar-refractivity contribution >= 4 is 17.7 Å². The van der Waals surface area contributed by atoms with E-state index in [1.54, 1.807) is 17.3 Å². The molecule has 0 bridgehead atoms. The van der Waals surface area contributed by atoms with Crippen LogP contribution in [-0.4, -0.2) is 39.6 Å². The number of carbonyl (C=O) groups excluding carboxylic acids is 1. The summed E-state index contributed by atoms with van der Waals surface area (Å²) in [7, 11) is 1.83. The van der Waals surface area contributed by atoms with Crippen LogP contribution in [0.4, 0.5) is 0 Å². The first-order chi connectivity index (χ1) is 10.2. The molecule has 0 fully saturated rings. The summed E-state index contributed by atoms with van der Waals surface area (Å²) in [5.41, 5.74) is 1.00. The SMILES string of the molecule is C[C@H](Sc1ccccn1)C(=O)N(C)CCc1ccccn1. The standard InChI is InChI=1S/C16H19N3OS/c1-13(21-15-8-4-6-11-18-15)16(20)19(2)12-9-14-7-3-5-10-17-14/h3-8,10-11,13H,9,12H2,1-2H3/t13-/m0/s1. The summed E-state index contributed by atoms with van der Waals surface area (Å²) in [4.78, 5) is 22.6. The molecular weight excluding hydrogens is 282 g/mol. The smallest absolute Gasteiger partial charge is 0.235 e. The molecule has 0 spiro atoms. The van der Waals surface area contributed by atoms with Crippen LogP contribution in [-0.2, 0) is 11.2 Å². The van der Waals surface area contributed by atoms with Gasteiger partial charge in [0.2, 0.25) is 5.91 Å². The number of thioether (sulfide) groups is 1. The second-order valence-corrected chi connectivity index (χ2v) is 6.12. The van der Waals surface area contributed by atoms with Gasteiger partial charge in [0.1, 0.15) is 0 Å². The van der Waals surface area contributed by atoms with Crippen molar-refractivity contribution in [3.05, 3.63) is 54.5 Å². The lowest BCUT2D eigenvalue weighted by Gasteiger charge is -2.20. The fraction of sp³-hybridized carbons (Fsp3) is 0.312. The number of aromatic nitrogens is 2. The highest BCUT2D eigenvalue weighted by Gasteiger charge is 2.18. The minimum absolute atomic E-state index is 0.113. The molecule has 2 aromatic heterocycles. The van der Waals surface area contributed by atoms with E-state index in [0.717, 1.165) is 17.1 Å². The van der Waals surface area contributed by atoms with E-state index in [2.05, 4.69) is 9.97 Å². The lowest BCUT2D eigenvalue weighted by Crippen LogP contribution is -2.34. The fourth-order valence-corrected chi connectivity index (χ4v) is 2.82. The normalized spacial score (nSPS) is 11.9. The third-order valence-corrected chi connectivity index (χ3v) is 4.13. The average molecular weight is 301 g/mol. The van der Waals surface area contributed by atoms with Crippen molar-refractivity contribution in [2.45, 2.75) is 23.6 Å². The van der Waals surface area contributed by atoms with Crippen molar-refractivity contribution in [2.75, 3.05) is 13.6 Å². The topological polar surface area (TPSA) is 46.1 Å². The van der Waals surface area contributed by atoms with Gasteiger partial charge in [-0.3, -0.25) is 9.78 Å². The number of likely N-dealkylation sites (N-methyl/N-ethyl adjacent to an activating group) is 1. The molecule has 0 aliphatic carbocycles. The summed E-state index contributed by atoms with van der Waals surface area (Å²) < 4.78 is 0. The van der Waals surface area contributed by atoms with Crippen molar-refractivity contribution in [1.29, 1.82) is 0 Å². The Kier molecular flexibility index (Phi) is 5.75. The maximum absolute atomic E-state index is 12.3. The summed E-state index contributed by atoms with van der Waals surface area (Å²) in [6, 6.07) is 11.5. The molecule has 0 unspecified atom stereocenters. The molecule has 110 valence electrons. The highest BCUT2D eigenvalue weighted by molar-refractivity contribution is 8.00. The maximum Gasteiger partial charge on any atom is 0.235 e. The highest BCUT2D eigenvalue weighted by Crippen LogP contribution is 2.21. The predicted octanol–water partition coefficient (Wildman–Crippen LogP) is 2.66. The van der Waals surface area contributed by atoms with Gasteiger partial charge in [0.05, 0.1) is 10.3 Å². The van der Waals surface area contributed by atoms with Crippen molar-refractivity contribution in [2.24, 2.45) is 0 Å². The molecule has 2 rings (SSSR count). The van der Waals surface area contributed by atoms with Crippen LogP contribution in [0.2, 0.25) is 0 Å². The van der Waals surface area contributed by atoms with E-state index in [4.69, 9.17) is 0 Å². The van der Waals surface area contributed by atoms with Gasteiger partial charge in [-0.1, -0.05) is 23.9 Å². The summed E-state index contributed by atoms with van der Waals surface area (Å²) >= 11 is 1.48. The summed E-state index contributed by atoms with van der Waals surface area (Å²) in [5, 5.41) is 0.727. The molecule has 2 aromatic rings. The average Bonchev–Trinajstić information content (AvgIpc) is 2.53. The molecule has 0 N–H and O–H groups in total. The molecule has 5 heteroatoms. The van der Waals surface area contributed by atoms with E-state index in [9.17, 15) is 4.79 Å². The minimum Gasteiger partial charge on any atom is -0.344 e. The van der Waals surface area contributed by atoms with Crippen LogP contribution >= 0.6 is 11.8 Å². The Morgan fingerprint density at radius 3 is 2.52 bits per heavy atom. The number of amides is 1. The van der Waals surface area contributed by atoms with Crippen LogP contribution in [0.3, 0.4) is 0 Å². The van der Waals surface area contributed by atoms with Gasteiger partial charge in [-0.15, -0.1) is 0 Å². The van der Waals surface area contributed by atoms with Gasteiger partial charge in [0.15, 0.2) is 0 Å². The number of rotatable bonds is 6. The number of nitrogens with zero attached hydrogens (tertiary/aromatic N) is 3. The quantitative estimate of drug-likeness (QED) is 0.770. The Hall–Kier alpha value is -1.88. The Morgan fingerprint density at radius 1 is 1.19 bits per heavy atom. The van der Waals surface area contributed by atoms with Crippen molar-refractivity contribution in [3.8, 4) is 0 Å². The van der Waals surface area contributed by atoms with Gasteiger partial charge < -0.3 is 4.90 Å². The van der Waals surface area contributed by atoms with E-state index in [1.165, 1.54) is 11.8 Å². The van der Waals surface area contributed by atoms with E-state index in [-0.39, 0.29) is 11.2 Å². The molecular formula is C16H19N3OS. The Bertz CT molecular complexity index is 562. The van der Waals surface area contributed by atoms with Crippen molar-refractivity contribution < 1.29 is 4.79 Å². The molecule has 0 saturated carbocycles. The molecule has 1 amide bonds. The van der Waals surface area contributed by atoms with Gasteiger partial charge in [-0.25, -0.2) is 4.98 Å². The third kappa shape index (κ3) is 4.86. The molecule has 0 saturated heterocycles. The maximum atomic E-state index is 12.3. The molecule has 1 atom stereocenters. The molecule has 21 heavy (non-hydrogen) atoms. The zero-order valence-corrected chi connectivity index (χ0v) is 13.1. The number of hydrogen-bond acceptors (Lipinski definition) is 4. The second-order valence-electron chi connectivity index (χ2n) is 4.76. The van der Waals surface area contributed by atoms with Crippen molar-refractivity contribution in [3.63, 3.8) is 0 Å². The van der Waals surface area contributed by atoms with Crippen LogP contribution in [0, 0.1) is 0 Å². The van der Waals surface area contributed by atoms with Gasteiger partial charge >= 0.3 is 0 Å². The first kappa shape index (κ1) is 15.5. The summed E-state index contributed by atoms with van der Waals surface area (Å²) in [5.74, 6) is 0.113. The predicted molar refractivity (Wildman–Crippen MR) is 85.1 cm³/mol. The van der Waals surface area contributed by atoms with Crippen molar-refractivity contribution in [1.82, 2.24) is 14.9 Å². The fourth-order valence-electron chi connectivity index (χ4n) is 1.90. The second kappa shape index (κ2) is 7.78. The lowest BCUT2D eigenvalue weighted by atomic mass is 10.2. The van der Waals surface area contributed by atoms with Gasteiger partial charge in [0, 0.05) is 38.1 Å². The van der Waals surface area contributed by atoms with Crippen LogP contribution in [0.25, 0.3) is 0 Å². The number of hydrogen-bond donors (Lipinski definition) is 0. The third-order valence-electron chi connectivity index (χ3n) is 3.09. The molecule has 4 nitrogen and oxygen atoms in total. The minimum atomic E-state index is -0.145. The first-order valence-corrected chi connectivity index (χ1v) is 7.77. The van der Waals surface area contributed by atoms with Gasteiger partial charge in [-0.05, 0) is 31.2 Å². The Balaban J connectivity index is 1.84. The van der Waals surface area contributed by atoms with Gasteiger partial charge in [0.25, 0.3) is 0 Å². The molecule has 0 aliphatic heterocycles.